The maximum absolute atomic E-state index is 13.4. The van der Waals surface area contributed by atoms with Crippen LogP contribution in [0.5, 0.6) is 5.75 Å². The maximum atomic E-state index is 13.4. The van der Waals surface area contributed by atoms with Crippen molar-refractivity contribution in [3.05, 3.63) is 106 Å². The van der Waals surface area contributed by atoms with Gasteiger partial charge in [0.05, 0.1) is 12.1 Å². The SMILES string of the molecule is Cc1cc(OCCCc2c(C(=O)NSc3ccccc3)[nH]c3c(-c4cccs4)cccc23)cc(C)c1Cl. The summed E-state index contributed by atoms with van der Waals surface area (Å²) in [6.45, 7) is 4.51. The summed E-state index contributed by atoms with van der Waals surface area (Å²) < 4.78 is 9.06. The van der Waals surface area contributed by atoms with Crippen molar-refractivity contribution in [2.24, 2.45) is 0 Å². The van der Waals surface area contributed by atoms with Gasteiger partial charge in [-0.25, -0.2) is 0 Å². The number of aryl methyl sites for hydroxylation is 3. The molecule has 0 radical (unpaired) electrons. The number of hydrogen-bond donors (Lipinski definition) is 2. The Labute approximate surface area is 230 Å². The second-order valence-corrected chi connectivity index (χ2v) is 11.1. The average Bonchev–Trinajstić information content (AvgIpc) is 3.57. The minimum atomic E-state index is -0.137. The molecule has 5 aromatic rings. The van der Waals surface area contributed by atoms with Gasteiger partial charge < -0.3 is 9.72 Å². The molecule has 7 heteroatoms. The number of carbonyl (C=O) groups is 1. The van der Waals surface area contributed by atoms with E-state index in [1.807, 2.05) is 62.4 Å². The van der Waals surface area contributed by atoms with Crippen LogP contribution < -0.4 is 9.46 Å². The van der Waals surface area contributed by atoms with Gasteiger partial charge in [0.1, 0.15) is 11.4 Å². The van der Waals surface area contributed by atoms with Crippen LogP contribution in [-0.4, -0.2) is 17.5 Å². The molecule has 0 saturated carbocycles. The van der Waals surface area contributed by atoms with Crippen LogP contribution in [0, 0.1) is 13.8 Å². The van der Waals surface area contributed by atoms with Gasteiger partial charge in [-0.05, 0) is 91.0 Å². The molecule has 4 nitrogen and oxygen atoms in total. The monoisotopic (exact) mass is 546 g/mol. The van der Waals surface area contributed by atoms with Gasteiger partial charge in [0, 0.05) is 25.7 Å². The number of H-pyrrole nitrogens is 1. The Morgan fingerprint density at radius 2 is 1.81 bits per heavy atom. The highest BCUT2D eigenvalue weighted by Crippen LogP contribution is 2.35. The van der Waals surface area contributed by atoms with E-state index >= 15 is 0 Å². The standard InChI is InChI=1S/C30H27ClN2O2S2/c1-19-17-21(18-20(2)27(19)31)35-15-7-13-24-23-11-6-12-25(26-14-8-16-36-26)28(23)32-29(24)30(34)33-37-22-9-4-3-5-10-22/h3-6,8-12,14,16-18,32H,7,13,15H2,1-2H3,(H,33,34). The lowest BCUT2D eigenvalue weighted by Gasteiger charge is -2.10. The molecule has 2 N–H and O–H groups in total. The Morgan fingerprint density at radius 1 is 1.03 bits per heavy atom. The summed E-state index contributed by atoms with van der Waals surface area (Å²) in [5, 5.41) is 3.91. The molecular formula is C30H27ClN2O2S2. The minimum Gasteiger partial charge on any atom is -0.494 e. The molecule has 0 saturated heterocycles. The molecule has 0 aliphatic heterocycles. The Morgan fingerprint density at radius 3 is 2.54 bits per heavy atom. The molecule has 2 heterocycles. The molecule has 0 fully saturated rings. The van der Waals surface area contributed by atoms with E-state index in [2.05, 4.69) is 39.4 Å². The van der Waals surface area contributed by atoms with Crippen LogP contribution >= 0.6 is 34.9 Å². The molecule has 0 spiro atoms. The number of carbonyl (C=O) groups excluding carboxylic acids is 1. The number of fused-ring (bicyclic) bond motifs is 1. The number of nitrogens with one attached hydrogen (secondary N) is 2. The normalized spacial score (nSPS) is 11.1. The Balaban J connectivity index is 1.39. The van der Waals surface area contributed by atoms with Crippen LogP contribution in [0.3, 0.4) is 0 Å². The first-order valence-electron chi connectivity index (χ1n) is 12.1. The number of halogens is 1. The van der Waals surface area contributed by atoms with Gasteiger partial charge in [-0.3, -0.25) is 9.52 Å². The summed E-state index contributed by atoms with van der Waals surface area (Å²) >= 11 is 9.31. The van der Waals surface area contributed by atoms with Gasteiger partial charge in [0.25, 0.3) is 5.91 Å². The van der Waals surface area contributed by atoms with Gasteiger partial charge in [-0.2, -0.15) is 0 Å². The fourth-order valence-corrected chi connectivity index (χ4v) is 5.91. The van der Waals surface area contributed by atoms with E-state index in [0.717, 1.165) is 55.2 Å². The first kappa shape index (κ1) is 25.5. The second kappa shape index (κ2) is 11.5. The number of benzene rings is 3. The molecule has 0 aliphatic carbocycles. The van der Waals surface area contributed by atoms with E-state index in [1.165, 1.54) is 16.8 Å². The van der Waals surface area contributed by atoms with E-state index < -0.39 is 0 Å². The predicted molar refractivity (Wildman–Crippen MR) is 156 cm³/mol. The number of hydrogen-bond acceptors (Lipinski definition) is 4. The third-order valence-corrected chi connectivity index (χ3v) is 8.50. The van der Waals surface area contributed by atoms with Crippen LogP contribution in [0.4, 0.5) is 0 Å². The highest BCUT2D eigenvalue weighted by molar-refractivity contribution is 7.98. The van der Waals surface area contributed by atoms with Crippen molar-refractivity contribution in [1.82, 2.24) is 9.71 Å². The zero-order chi connectivity index (χ0) is 25.8. The molecule has 188 valence electrons. The quantitative estimate of drug-likeness (QED) is 0.144. The second-order valence-electron chi connectivity index (χ2n) is 8.85. The minimum absolute atomic E-state index is 0.137. The van der Waals surface area contributed by atoms with Crippen LogP contribution in [0.2, 0.25) is 5.02 Å². The third-order valence-electron chi connectivity index (χ3n) is 6.21. The van der Waals surface area contributed by atoms with E-state index in [4.69, 9.17) is 16.3 Å². The zero-order valence-corrected chi connectivity index (χ0v) is 23.0. The molecule has 37 heavy (non-hydrogen) atoms. The number of amides is 1. The Hall–Kier alpha value is -3.19. The summed E-state index contributed by atoms with van der Waals surface area (Å²) in [7, 11) is 0. The van der Waals surface area contributed by atoms with E-state index in [1.54, 1.807) is 11.3 Å². The molecular weight excluding hydrogens is 520 g/mol. The summed E-state index contributed by atoms with van der Waals surface area (Å²) in [6, 6.07) is 24.2. The van der Waals surface area contributed by atoms with Crippen LogP contribution in [-0.2, 0) is 6.42 Å². The maximum Gasteiger partial charge on any atom is 0.278 e. The summed E-state index contributed by atoms with van der Waals surface area (Å²) in [6.07, 6.45) is 1.47. The van der Waals surface area contributed by atoms with Crippen molar-refractivity contribution in [3.63, 3.8) is 0 Å². The predicted octanol–water partition coefficient (Wildman–Crippen LogP) is 8.62. The molecule has 0 bridgehead atoms. The van der Waals surface area contributed by atoms with Gasteiger partial charge in [-0.1, -0.05) is 54.1 Å². The molecule has 0 aliphatic rings. The fraction of sp³-hybridized carbons (Fsp3) is 0.167. The van der Waals surface area contributed by atoms with Crippen LogP contribution in [0.1, 0.15) is 33.6 Å². The zero-order valence-electron chi connectivity index (χ0n) is 20.6. The van der Waals surface area contributed by atoms with Crippen molar-refractivity contribution in [1.29, 1.82) is 0 Å². The van der Waals surface area contributed by atoms with Crippen LogP contribution in [0.15, 0.2) is 83.1 Å². The number of aromatic nitrogens is 1. The Bertz CT molecular complexity index is 1510. The number of rotatable bonds is 9. The van der Waals surface area contributed by atoms with Crippen molar-refractivity contribution in [3.8, 4) is 16.2 Å². The largest absolute Gasteiger partial charge is 0.494 e. The lowest BCUT2D eigenvalue weighted by molar-refractivity contribution is 0.0979. The third kappa shape index (κ3) is 5.72. The van der Waals surface area contributed by atoms with Crippen molar-refractivity contribution in [2.75, 3.05) is 6.61 Å². The molecule has 3 aromatic carbocycles. The lowest BCUT2D eigenvalue weighted by Crippen LogP contribution is -2.18. The number of thiophene rings is 1. The Kier molecular flexibility index (Phi) is 7.89. The van der Waals surface area contributed by atoms with Gasteiger partial charge in [0.2, 0.25) is 0 Å². The first-order chi connectivity index (χ1) is 18.0. The molecule has 5 rings (SSSR count). The topological polar surface area (TPSA) is 54.1 Å². The summed E-state index contributed by atoms with van der Waals surface area (Å²) in [5.41, 5.74) is 5.70. The average molecular weight is 547 g/mol. The number of para-hydroxylation sites is 1. The van der Waals surface area contributed by atoms with Gasteiger partial charge in [-0.15, -0.1) is 11.3 Å². The van der Waals surface area contributed by atoms with Crippen LogP contribution in [0.25, 0.3) is 21.3 Å². The lowest BCUT2D eigenvalue weighted by atomic mass is 10.0. The van der Waals surface area contributed by atoms with Gasteiger partial charge in [0.15, 0.2) is 0 Å². The highest BCUT2D eigenvalue weighted by atomic mass is 35.5. The van der Waals surface area contributed by atoms with E-state index in [0.29, 0.717) is 18.7 Å². The van der Waals surface area contributed by atoms with Crippen molar-refractivity contribution in [2.45, 2.75) is 31.6 Å². The highest BCUT2D eigenvalue weighted by Gasteiger charge is 2.20. The molecule has 1 amide bonds. The smallest absolute Gasteiger partial charge is 0.278 e. The summed E-state index contributed by atoms with van der Waals surface area (Å²) in [4.78, 5) is 19.0. The molecule has 0 atom stereocenters. The van der Waals surface area contributed by atoms with Crippen molar-refractivity contribution >= 4 is 51.7 Å². The molecule has 2 aromatic heterocycles. The van der Waals surface area contributed by atoms with E-state index in [9.17, 15) is 4.79 Å². The number of aromatic amines is 1. The first-order valence-corrected chi connectivity index (χ1v) is 14.2. The van der Waals surface area contributed by atoms with Gasteiger partial charge >= 0.3 is 0 Å². The van der Waals surface area contributed by atoms with Crippen molar-refractivity contribution < 1.29 is 9.53 Å². The molecule has 0 unspecified atom stereocenters. The van der Waals surface area contributed by atoms with E-state index in [-0.39, 0.29) is 5.91 Å². The number of ether oxygens (including phenoxy) is 1. The fourth-order valence-electron chi connectivity index (χ4n) is 4.44. The summed E-state index contributed by atoms with van der Waals surface area (Å²) in [5.74, 6) is 0.678.